The normalized spacial score (nSPS) is 22.2. The van der Waals surface area contributed by atoms with Crippen molar-refractivity contribution in [1.82, 2.24) is 5.32 Å². The second-order valence-electron chi connectivity index (χ2n) is 8.20. The third kappa shape index (κ3) is 7.06. The Morgan fingerprint density at radius 3 is 2.38 bits per heavy atom. The average Bonchev–Trinajstić information content (AvgIpc) is 2.71. The zero-order valence-corrected chi connectivity index (χ0v) is 18.2. The van der Waals surface area contributed by atoms with Crippen molar-refractivity contribution >= 4 is 18.3 Å². The molecular weight excluding hydrogens is 384 g/mol. The van der Waals surface area contributed by atoms with Crippen molar-refractivity contribution in [3.63, 3.8) is 0 Å². The predicted octanol–water partition coefficient (Wildman–Crippen LogP) is 4.50. The lowest BCUT2D eigenvalue weighted by Crippen LogP contribution is -2.48. The first-order valence-corrected chi connectivity index (χ1v) is 10.3. The lowest BCUT2D eigenvalue weighted by atomic mass is 9.79. The van der Waals surface area contributed by atoms with Crippen molar-refractivity contribution < 1.29 is 9.53 Å². The van der Waals surface area contributed by atoms with Crippen molar-refractivity contribution in [3.8, 4) is 5.75 Å². The van der Waals surface area contributed by atoms with Gasteiger partial charge in [0.1, 0.15) is 12.4 Å². The summed E-state index contributed by atoms with van der Waals surface area (Å²) in [6, 6.07) is 17.7. The smallest absolute Gasteiger partial charge is 0.237 e. The number of benzene rings is 2. The van der Waals surface area contributed by atoms with Crippen molar-refractivity contribution in [2.45, 2.75) is 58.2 Å². The SMILES string of the molecule is CC1CCC(NC(=O)[C@@H](N)Cc2ccc(OCc3ccccc3)cc2)CC1C.Cl. The molecule has 0 bridgehead atoms. The number of halogens is 1. The number of carbonyl (C=O) groups is 1. The van der Waals surface area contributed by atoms with Gasteiger partial charge < -0.3 is 15.8 Å². The summed E-state index contributed by atoms with van der Waals surface area (Å²) in [6.45, 7) is 5.10. The van der Waals surface area contributed by atoms with Gasteiger partial charge >= 0.3 is 0 Å². The lowest BCUT2D eigenvalue weighted by Gasteiger charge is -2.33. The molecular formula is C24H33ClN2O2. The second-order valence-corrected chi connectivity index (χ2v) is 8.20. The van der Waals surface area contributed by atoms with Crippen LogP contribution in [0.25, 0.3) is 0 Å². The largest absolute Gasteiger partial charge is 0.489 e. The fourth-order valence-corrected chi connectivity index (χ4v) is 3.80. The fraction of sp³-hybridized carbons (Fsp3) is 0.458. The monoisotopic (exact) mass is 416 g/mol. The van der Waals surface area contributed by atoms with E-state index in [1.54, 1.807) is 0 Å². The molecule has 158 valence electrons. The molecule has 29 heavy (non-hydrogen) atoms. The van der Waals surface area contributed by atoms with Gasteiger partial charge in [-0.1, -0.05) is 56.3 Å². The van der Waals surface area contributed by atoms with Gasteiger partial charge in [-0.05, 0) is 60.8 Å². The van der Waals surface area contributed by atoms with Crippen LogP contribution in [-0.2, 0) is 17.8 Å². The molecule has 0 radical (unpaired) electrons. The van der Waals surface area contributed by atoms with Crippen molar-refractivity contribution in [2.75, 3.05) is 0 Å². The van der Waals surface area contributed by atoms with Gasteiger partial charge in [0.2, 0.25) is 5.91 Å². The van der Waals surface area contributed by atoms with Gasteiger partial charge in [0.15, 0.2) is 0 Å². The van der Waals surface area contributed by atoms with Crippen molar-refractivity contribution in [2.24, 2.45) is 17.6 Å². The zero-order chi connectivity index (χ0) is 19.9. The maximum absolute atomic E-state index is 12.5. The number of amides is 1. The Morgan fingerprint density at radius 1 is 1.03 bits per heavy atom. The Bertz CT molecular complexity index is 751. The number of rotatable bonds is 7. The highest BCUT2D eigenvalue weighted by Crippen LogP contribution is 2.29. The first kappa shape index (κ1) is 23.2. The number of hydrogen-bond donors (Lipinski definition) is 2. The molecule has 1 saturated carbocycles. The van der Waals surface area contributed by atoms with Gasteiger partial charge in [0.25, 0.3) is 0 Å². The molecule has 0 saturated heterocycles. The minimum Gasteiger partial charge on any atom is -0.489 e. The summed E-state index contributed by atoms with van der Waals surface area (Å²) in [7, 11) is 0. The molecule has 2 aromatic rings. The Labute approximate surface area is 180 Å². The lowest BCUT2D eigenvalue weighted by molar-refractivity contribution is -0.123. The molecule has 0 spiro atoms. The van der Waals surface area contributed by atoms with Crippen LogP contribution >= 0.6 is 12.4 Å². The topological polar surface area (TPSA) is 64.4 Å². The summed E-state index contributed by atoms with van der Waals surface area (Å²) in [5, 5.41) is 3.15. The van der Waals surface area contributed by atoms with Gasteiger partial charge in [-0.15, -0.1) is 12.4 Å². The number of nitrogens with two attached hydrogens (primary N) is 1. The molecule has 1 amide bonds. The second kappa shape index (κ2) is 11.2. The number of carbonyl (C=O) groups excluding carboxylic acids is 1. The summed E-state index contributed by atoms with van der Waals surface area (Å²) < 4.78 is 5.81. The van der Waals surface area contributed by atoms with E-state index in [1.165, 1.54) is 6.42 Å². The van der Waals surface area contributed by atoms with E-state index >= 15 is 0 Å². The molecule has 2 aromatic carbocycles. The molecule has 3 unspecified atom stereocenters. The number of ether oxygens (including phenoxy) is 1. The van der Waals surface area contributed by atoms with Crippen LogP contribution in [0.2, 0.25) is 0 Å². The van der Waals surface area contributed by atoms with Crippen molar-refractivity contribution in [1.29, 1.82) is 0 Å². The molecule has 0 heterocycles. The standard InChI is InChI=1S/C24H32N2O2.ClH/c1-17-8-11-21(14-18(17)2)26-24(27)23(25)15-19-9-12-22(13-10-19)28-16-20-6-4-3-5-7-20;/h3-7,9-10,12-13,17-18,21,23H,8,11,14-16,25H2,1-2H3,(H,26,27);1H/t17?,18?,21?,23-;/m0./s1. The van der Waals surface area contributed by atoms with E-state index in [9.17, 15) is 4.79 Å². The fourth-order valence-electron chi connectivity index (χ4n) is 3.80. The summed E-state index contributed by atoms with van der Waals surface area (Å²) in [6.07, 6.45) is 3.81. The van der Waals surface area contributed by atoms with Gasteiger partial charge in [0, 0.05) is 6.04 Å². The van der Waals surface area contributed by atoms with Crippen LogP contribution in [-0.4, -0.2) is 18.0 Å². The third-order valence-electron chi connectivity index (χ3n) is 5.91. The van der Waals surface area contributed by atoms with E-state index in [0.29, 0.717) is 18.9 Å². The van der Waals surface area contributed by atoms with Crippen LogP contribution in [0.3, 0.4) is 0 Å². The summed E-state index contributed by atoms with van der Waals surface area (Å²) >= 11 is 0. The molecule has 5 heteroatoms. The zero-order valence-electron chi connectivity index (χ0n) is 17.3. The highest BCUT2D eigenvalue weighted by atomic mass is 35.5. The Kier molecular flexibility index (Phi) is 8.99. The molecule has 0 aliphatic heterocycles. The molecule has 4 nitrogen and oxygen atoms in total. The van der Waals surface area contributed by atoms with Gasteiger partial charge in [-0.2, -0.15) is 0 Å². The summed E-state index contributed by atoms with van der Waals surface area (Å²) in [5.41, 5.74) is 8.34. The molecule has 4 atom stereocenters. The van der Waals surface area contributed by atoms with E-state index < -0.39 is 6.04 Å². The quantitative estimate of drug-likeness (QED) is 0.698. The van der Waals surface area contributed by atoms with Gasteiger partial charge in [-0.3, -0.25) is 4.79 Å². The highest BCUT2D eigenvalue weighted by Gasteiger charge is 2.26. The Morgan fingerprint density at radius 2 is 1.72 bits per heavy atom. The number of nitrogens with one attached hydrogen (secondary N) is 1. The Hall–Kier alpha value is -2.04. The van der Waals surface area contributed by atoms with Crippen LogP contribution in [0.5, 0.6) is 5.75 Å². The van der Waals surface area contributed by atoms with E-state index in [0.717, 1.165) is 35.6 Å². The summed E-state index contributed by atoms with van der Waals surface area (Å²) in [5.74, 6) is 2.16. The van der Waals surface area contributed by atoms with Gasteiger partial charge in [-0.25, -0.2) is 0 Å². The molecule has 1 aliphatic rings. The van der Waals surface area contributed by atoms with Gasteiger partial charge in [0.05, 0.1) is 6.04 Å². The van der Waals surface area contributed by atoms with Crippen LogP contribution in [0, 0.1) is 11.8 Å². The maximum atomic E-state index is 12.5. The number of hydrogen-bond acceptors (Lipinski definition) is 3. The highest BCUT2D eigenvalue weighted by molar-refractivity contribution is 5.85. The van der Waals surface area contributed by atoms with Crippen LogP contribution in [0.15, 0.2) is 54.6 Å². The molecule has 1 fully saturated rings. The van der Waals surface area contributed by atoms with E-state index in [2.05, 4.69) is 19.2 Å². The molecule has 3 N–H and O–H groups in total. The Balaban J connectivity index is 0.00000300. The van der Waals surface area contributed by atoms with E-state index in [4.69, 9.17) is 10.5 Å². The third-order valence-corrected chi connectivity index (χ3v) is 5.91. The first-order chi connectivity index (χ1) is 13.5. The average molecular weight is 417 g/mol. The maximum Gasteiger partial charge on any atom is 0.237 e. The van der Waals surface area contributed by atoms with Crippen molar-refractivity contribution in [3.05, 3.63) is 65.7 Å². The first-order valence-electron chi connectivity index (χ1n) is 10.3. The van der Waals surface area contributed by atoms with Crippen LogP contribution < -0.4 is 15.8 Å². The molecule has 3 rings (SSSR count). The summed E-state index contributed by atoms with van der Waals surface area (Å²) in [4.78, 5) is 12.5. The predicted molar refractivity (Wildman–Crippen MR) is 120 cm³/mol. The van der Waals surface area contributed by atoms with E-state index in [-0.39, 0.29) is 24.4 Å². The van der Waals surface area contributed by atoms with E-state index in [1.807, 2.05) is 54.6 Å². The van der Waals surface area contributed by atoms with Crippen LogP contribution in [0.1, 0.15) is 44.2 Å². The minimum absolute atomic E-state index is 0. The molecule has 1 aliphatic carbocycles. The van der Waals surface area contributed by atoms with Crippen LogP contribution in [0.4, 0.5) is 0 Å². The minimum atomic E-state index is -0.522. The molecule has 0 aromatic heterocycles.